The second-order valence-electron chi connectivity index (χ2n) is 5.63. The molecule has 0 aromatic heterocycles. The van der Waals surface area contributed by atoms with Crippen molar-refractivity contribution < 1.29 is 4.39 Å². The van der Waals surface area contributed by atoms with Gasteiger partial charge in [0.1, 0.15) is 5.82 Å². The lowest BCUT2D eigenvalue weighted by molar-refractivity contribution is 0.274. The molecule has 1 saturated carbocycles. The normalized spacial score (nSPS) is 31.5. The molecule has 3 heteroatoms. The smallest absolute Gasteiger partial charge is 0.125 e. The maximum atomic E-state index is 13.2. The number of benzene rings is 1. The highest BCUT2D eigenvalue weighted by atomic mass is 19.1. The minimum absolute atomic E-state index is 0.146. The van der Waals surface area contributed by atoms with Crippen molar-refractivity contribution >= 4 is 11.4 Å². The van der Waals surface area contributed by atoms with Crippen molar-refractivity contribution in [1.82, 2.24) is 0 Å². The summed E-state index contributed by atoms with van der Waals surface area (Å²) < 4.78 is 13.2. The van der Waals surface area contributed by atoms with Gasteiger partial charge in [-0.1, -0.05) is 6.92 Å². The van der Waals surface area contributed by atoms with Crippen LogP contribution in [-0.2, 0) is 0 Å². The second kappa shape index (κ2) is 3.90. The third-order valence-corrected chi connectivity index (χ3v) is 4.23. The molecule has 1 aliphatic carbocycles. The Morgan fingerprint density at radius 1 is 1.24 bits per heavy atom. The quantitative estimate of drug-likeness (QED) is 0.716. The van der Waals surface area contributed by atoms with Crippen LogP contribution in [0, 0.1) is 11.7 Å². The van der Waals surface area contributed by atoms with E-state index in [1.807, 2.05) is 6.07 Å². The molecule has 0 amide bonds. The first-order valence-corrected chi connectivity index (χ1v) is 6.49. The van der Waals surface area contributed by atoms with E-state index in [0.717, 1.165) is 23.8 Å². The summed E-state index contributed by atoms with van der Waals surface area (Å²) in [5.41, 5.74) is 2.09. The monoisotopic (exact) mass is 234 g/mol. The predicted octanol–water partition coefficient (Wildman–Crippen LogP) is 3.61. The van der Waals surface area contributed by atoms with Crippen LogP contribution < -0.4 is 10.6 Å². The van der Waals surface area contributed by atoms with Crippen LogP contribution in [0.4, 0.5) is 15.8 Å². The molecule has 1 aromatic carbocycles. The van der Waals surface area contributed by atoms with Gasteiger partial charge in [0, 0.05) is 6.54 Å². The largest absolute Gasteiger partial charge is 0.381 e. The minimum Gasteiger partial charge on any atom is -0.381 e. The van der Waals surface area contributed by atoms with Gasteiger partial charge in [-0.05, 0) is 49.8 Å². The first-order valence-electron chi connectivity index (χ1n) is 6.49. The number of nitrogens with one attached hydrogen (secondary N) is 2. The molecule has 2 aliphatic rings. The van der Waals surface area contributed by atoms with Crippen molar-refractivity contribution in [2.75, 3.05) is 17.2 Å². The maximum Gasteiger partial charge on any atom is 0.125 e. The molecule has 1 fully saturated rings. The van der Waals surface area contributed by atoms with Crippen LogP contribution in [-0.4, -0.2) is 12.1 Å². The van der Waals surface area contributed by atoms with Gasteiger partial charge in [0.05, 0.1) is 16.9 Å². The number of rotatable bonds is 0. The number of fused-ring (bicyclic) bond motifs is 1. The summed E-state index contributed by atoms with van der Waals surface area (Å²) in [6.45, 7) is 3.27. The Morgan fingerprint density at radius 2 is 2.00 bits per heavy atom. The lowest BCUT2D eigenvalue weighted by Gasteiger charge is -2.44. The third-order valence-electron chi connectivity index (χ3n) is 4.23. The van der Waals surface area contributed by atoms with E-state index in [4.69, 9.17) is 0 Å². The summed E-state index contributed by atoms with van der Waals surface area (Å²) in [6, 6.07) is 4.92. The SMILES string of the molecule is CC1CCC2(CC1)CNc1ccc(F)cc1N2. The second-order valence-corrected chi connectivity index (χ2v) is 5.63. The Bertz CT molecular complexity index is 422. The molecule has 2 N–H and O–H groups in total. The van der Waals surface area contributed by atoms with Crippen molar-refractivity contribution in [3.05, 3.63) is 24.0 Å². The Morgan fingerprint density at radius 3 is 2.76 bits per heavy atom. The number of halogens is 1. The fourth-order valence-corrected chi connectivity index (χ4v) is 2.98. The Hall–Kier alpha value is -1.25. The first kappa shape index (κ1) is 10.9. The van der Waals surface area contributed by atoms with Crippen LogP contribution in [0.1, 0.15) is 32.6 Å². The van der Waals surface area contributed by atoms with Crippen LogP contribution in [0.2, 0.25) is 0 Å². The number of hydrogen-bond acceptors (Lipinski definition) is 2. The first-order chi connectivity index (χ1) is 8.17. The van der Waals surface area contributed by atoms with E-state index in [1.165, 1.54) is 31.7 Å². The molecule has 3 rings (SSSR count). The van der Waals surface area contributed by atoms with Crippen LogP contribution in [0.3, 0.4) is 0 Å². The van der Waals surface area contributed by atoms with Gasteiger partial charge in [0.2, 0.25) is 0 Å². The zero-order valence-corrected chi connectivity index (χ0v) is 10.2. The van der Waals surface area contributed by atoms with E-state index in [9.17, 15) is 4.39 Å². The van der Waals surface area contributed by atoms with Gasteiger partial charge in [-0.2, -0.15) is 0 Å². The van der Waals surface area contributed by atoms with Crippen LogP contribution in [0.15, 0.2) is 18.2 Å². The van der Waals surface area contributed by atoms with Gasteiger partial charge in [-0.3, -0.25) is 0 Å². The molecule has 0 saturated heterocycles. The molecular formula is C14H19FN2. The zero-order valence-electron chi connectivity index (χ0n) is 10.2. The fraction of sp³-hybridized carbons (Fsp3) is 0.571. The van der Waals surface area contributed by atoms with E-state index in [2.05, 4.69) is 17.6 Å². The van der Waals surface area contributed by atoms with E-state index in [0.29, 0.717) is 0 Å². The van der Waals surface area contributed by atoms with Gasteiger partial charge < -0.3 is 10.6 Å². The summed E-state index contributed by atoms with van der Waals surface area (Å²) >= 11 is 0. The highest BCUT2D eigenvalue weighted by Crippen LogP contribution is 2.39. The molecule has 2 nitrogen and oxygen atoms in total. The van der Waals surface area contributed by atoms with Crippen LogP contribution in [0.5, 0.6) is 0 Å². The molecule has 92 valence electrons. The van der Waals surface area contributed by atoms with Crippen LogP contribution >= 0.6 is 0 Å². The summed E-state index contributed by atoms with van der Waals surface area (Å²) in [4.78, 5) is 0. The average Bonchev–Trinajstić information content (AvgIpc) is 2.33. The lowest BCUT2D eigenvalue weighted by atomic mass is 9.76. The van der Waals surface area contributed by atoms with Gasteiger partial charge in [0.15, 0.2) is 0 Å². The van der Waals surface area contributed by atoms with Gasteiger partial charge in [0.25, 0.3) is 0 Å². The van der Waals surface area contributed by atoms with Crippen molar-refractivity contribution in [3.63, 3.8) is 0 Å². The highest BCUT2D eigenvalue weighted by Gasteiger charge is 2.36. The Kier molecular flexibility index (Phi) is 2.49. The van der Waals surface area contributed by atoms with E-state index in [1.54, 1.807) is 6.07 Å². The molecular weight excluding hydrogens is 215 g/mol. The molecule has 0 unspecified atom stereocenters. The van der Waals surface area contributed by atoms with Gasteiger partial charge >= 0.3 is 0 Å². The molecule has 1 heterocycles. The maximum absolute atomic E-state index is 13.2. The summed E-state index contributed by atoms with van der Waals surface area (Å²) in [5.74, 6) is 0.663. The Labute approximate surface area is 102 Å². The molecule has 0 radical (unpaired) electrons. The molecule has 1 aliphatic heterocycles. The number of hydrogen-bond donors (Lipinski definition) is 2. The minimum atomic E-state index is -0.167. The Balaban J connectivity index is 1.84. The predicted molar refractivity (Wildman–Crippen MR) is 68.9 cm³/mol. The van der Waals surface area contributed by atoms with Gasteiger partial charge in [-0.25, -0.2) is 4.39 Å². The highest BCUT2D eigenvalue weighted by molar-refractivity contribution is 5.72. The molecule has 0 atom stereocenters. The third kappa shape index (κ3) is 1.99. The molecule has 17 heavy (non-hydrogen) atoms. The van der Waals surface area contributed by atoms with Crippen molar-refractivity contribution in [1.29, 1.82) is 0 Å². The van der Waals surface area contributed by atoms with Crippen molar-refractivity contribution in [2.24, 2.45) is 5.92 Å². The zero-order chi connectivity index (χ0) is 11.9. The van der Waals surface area contributed by atoms with Crippen LogP contribution in [0.25, 0.3) is 0 Å². The van der Waals surface area contributed by atoms with E-state index < -0.39 is 0 Å². The average molecular weight is 234 g/mol. The summed E-state index contributed by atoms with van der Waals surface area (Å²) in [7, 11) is 0. The van der Waals surface area contributed by atoms with Crippen molar-refractivity contribution in [3.8, 4) is 0 Å². The lowest BCUT2D eigenvalue weighted by Crippen LogP contribution is -2.50. The standard InChI is InChI=1S/C14H19FN2/c1-10-4-6-14(7-5-10)9-16-12-3-2-11(15)8-13(12)17-14/h2-3,8,10,16-17H,4-7,9H2,1H3. The molecule has 1 aromatic rings. The summed E-state index contributed by atoms with van der Waals surface area (Å²) in [5, 5.41) is 7.01. The molecule has 1 spiro atoms. The molecule has 0 bridgehead atoms. The van der Waals surface area contributed by atoms with E-state index >= 15 is 0 Å². The number of anilines is 2. The van der Waals surface area contributed by atoms with Crippen molar-refractivity contribution in [2.45, 2.75) is 38.1 Å². The topological polar surface area (TPSA) is 24.1 Å². The fourth-order valence-electron chi connectivity index (χ4n) is 2.98. The van der Waals surface area contributed by atoms with E-state index in [-0.39, 0.29) is 11.4 Å². The summed E-state index contributed by atoms with van der Waals surface area (Å²) in [6.07, 6.45) is 4.88. The van der Waals surface area contributed by atoms with Gasteiger partial charge in [-0.15, -0.1) is 0 Å².